The quantitative estimate of drug-likeness (QED) is 0.267. The minimum absolute atomic E-state index is 0.0200. The maximum Gasteiger partial charge on any atom is 0.408 e. The van der Waals surface area contributed by atoms with Gasteiger partial charge in [-0.2, -0.15) is 0 Å². The fourth-order valence-corrected chi connectivity index (χ4v) is 5.20. The van der Waals surface area contributed by atoms with Crippen molar-refractivity contribution in [3.05, 3.63) is 107 Å². The van der Waals surface area contributed by atoms with E-state index in [-0.39, 0.29) is 32.2 Å². The van der Waals surface area contributed by atoms with Crippen LogP contribution in [0.4, 0.5) is 4.79 Å². The lowest BCUT2D eigenvalue weighted by Crippen LogP contribution is -2.36. The lowest BCUT2D eigenvalue weighted by atomic mass is 10.2. The molecule has 2 unspecified atom stereocenters. The Morgan fingerprint density at radius 2 is 1.37 bits per heavy atom. The molecule has 7 nitrogen and oxygen atoms in total. The highest BCUT2D eigenvalue weighted by molar-refractivity contribution is 7.57. The number of aryl methyl sites for hydroxylation is 1. The summed E-state index contributed by atoms with van der Waals surface area (Å²) in [5, 5.41) is 2.51. The Hall–Kier alpha value is -3.41. The van der Waals surface area contributed by atoms with E-state index in [1.165, 1.54) is 0 Å². The molecule has 1 amide bonds. The molecule has 0 saturated carbocycles. The number of hydrogen-bond acceptors (Lipinski definition) is 5. The van der Waals surface area contributed by atoms with E-state index in [4.69, 9.17) is 9.47 Å². The fraction of sp³-hybridized carbons (Fsp3) is 0.259. The Kier molecular flexibility index (Phi) is 9.65. The standard InChI is InChI=1S/C27H30NO6P/c1-21-12-14-24(15-13-21)20-35(31,32)25(28-27(30)34-19-23-10-6-3-7-11-23)16-17-26(29)33-18-22-8-4-2-5-9-22/h2-15,25H,16-20H2,1H3,(H,28,30)(H,31,32). The van der Waals surface area contributed by atoms with Crippen LogP contribution in [0, 0.1) is 6.92 Å². The van der Waals surface area contributed by atoms with Gasteiger partial charge in [0, 0.05) is 6.42 Å². The Bertz CT molecular complexity index is 1140. The van der Waals surface area contributed by atoms with Gasteiger partial charge in [-0.05, 0) is 30.0 Å². The van der Waals surface area contributed by atoms with Gasteiger partial charge in [-0.3, -0.25) is 9.36 Å². The first-order valence-electron chi connectivity index (χ1n) is 11.4. The molecule has 0 heterocycles. The first kappa shape index (κ1) is 26.2. The highest BCUT2D eigenvalue weighted by atomic mass is 31.2. The molecule has 3 rings (SSSR count). The molecule has 0 aliphatic carbocycles. The zero-order valence-electron chi connectivity index (χ0n) is 19.6. The van der Waals surface area contributed by atoms with Crippen molar-refractivity contribution in [2.45, 2.75) is 44.9 Å². The number of carbonyl (C=O) groups is 2. The zero-order valence-corrected chi connectivity index (χ0v) is 20.5. The molecule has 0 bridgehead atoms. The Morgan fingerprint density at radius 3 is 1.94 bits per heavy atom. The lowest BCUT2D eigenvalue weighted by Gasteiger charge is -2.24. The smallest absolute Gasteiger partial charge is 0.408 e. The van der Waals surface area contributed by atoms with E-state index < -0.39 is 25.2 Å². The van der Waals surface area contributed by atoms with E-state index in [0.717, 1.165) is 16.7 Å². The molecule has 0 spiro atoms. The predicted octanol–water partition coefficient (Wildman–Crippen LogP) is 5.54. The van der Waals surface area contributed by atoms with E-state index >= 15 is 0 Å². The van der Waals surface area contributed by atoms with Crippen molar-refractivity contribution < 1.29 is 28.5 Å². The lowest BCUT2D eigenvalue weighted by molar-refractivity contribution is -0.145. The molecule has 0 aromatic heterocycles. The zero-order chi connectivity index (χ0) is 25.1. The first-order valence-corrected chi connectivity index (χ1v) is 13.3. The van der Waals surface area contributed by atoms with Crippen molar-refractivity contribution in [3.63, 3.8) is 0 Å². The van der Waals surface area contributed by atoms with E-state index in [2.05, 4.69) is 5.32 Å². The van der Waals surface area contributed by atoms with Gasteiger partial charge in [-0.1, -0.05) is 90.5 Å². The molecule has 0 aliphatic heterocycles. The fourth-order valence-electron chi connectivity index (χ4n) is 3.41. The van der Waals surface area contributed by atoms with E-state index in [9.17, 15) is 19.0 Å². The molecular formula is C27H30NO6P. The van der Waals surface area contributed by atoms with Crippen LogP contribution in [0.25, 0.3) is 0 Å². The average molecular weight is 496 g/mol. The van der Waals surface area contributed by atoms with E-state index in [1.807, 2.05) is 79.7 Å². The van der Waals surface area contributed by atoms with Gasteiger partial charge >= 0.3 is 12.1 Å². The summed E-state index contributed by atoms with van der Waals surface area (Å²) >= 11 is 0. The Balaban J connectivity index is 1.62. The summed E-state index contributed by atoms with van der Waals surface area (Å²) in [7, 11) is -3.94. The normalized spacial score (nSPS) is 13.3. The number of rotatable bonds is 11. The van der Waals surface area contributed by atoms with Crippen molar-refractivity contribution in [2.24, 2.45) is 0 Å². The summed E-state index contributed by atoms with van der Waals surface area (Å²) in [6.45, 7) is 2.06. The predicted molar refractivity (Wildman–Crippen MR) is 134 cm³/mol. The maximum absolute atomic E-state index is 13.3. The number of hydrogen-bond donors (Lipinski definition) is 2. The van der Waals surface area contributed by atoms with Crippen LogP contribution >= 0.6 is 7.37 Å². The van der Waals surface area contributed by atoms with Crippen LogP contribution in [0.3, 0.4) is 0 Å². The van der Waals surface area contributed by atoms with Crippen LogP contribution in [0.2, 0.25) is 0 Å². The Morgan fingerprint density at radius 1 is 0.829 bits per heavy atom. The van der Waals surface area contributed by atoms with Crippen LogP contribution < -0.4 is 5.32 Å². The number of nitrogens with one attached hydrogen (secondary N) is 1. The van der Waals surface area contributed by atoms with E-state index in [1.54, 1.807) is 12.1 Å². The van der Waals surface area contributed by atoms with Gasteiger partial charge in [-0.25, -0.2) is 4.79 Å². The highest BCUT2D eigenvalue weighted by Crippen LogP contribution is 2.50. The minimum Gasteiger partial charge on any atom is -0.461 e. The second-order valence-electron chi connectivity index (χ2n) is 8.31. The van der Waals surface area contributed by atoms with Crippen molar-refractivity contribution in [1.82, 2.24) is 5.32 Å². The second kappa shape index (κ2) is 12.9. The summed E-state index contributed by atoms with van der Waals surface area (Å²) in [5.74, 6) is -1.69. The van der Waals surface area contributed by atoms with Crippen LogP contribution in [-0.4, -0.2) is 22.7 Å². The number of ether oxygens (including phenoxy) is 2. The van der Waals surface area contributed by atoms with Crippen LogP contribution in [0.5, 0.6) is 0 Å². The monoisotopic (exact) mass is 495 g/mol. The van der Waals surface area contributed by atoms with Gasteiger partial charge < -0.3 is 19.7 Å². The first-order chi connectivity index (χ1) is 16.8. The van der Waals surface area contributed by atoms with Gasteiger partial charge in [0.2, 0.25) is 7.37 Å². The van der Waals surface area contributed by atoms with Gasteiger partial charge in [0.1, 0.15) is 19.0 Å². The van der Waals surface area contributed by atoms with Gasteiger partial charge in [0.25, 0.3) is 0 Å². The molecule has 0 fully saturated rings. The summed E-state index contributed by atoms with van der Waals surface area (Å²) in [6.07, 6.45) is -1.16. The largest absolute Gasteiger partial charge is 0.461 e. The molecule has 35 heavy (non-hydrogen) atoms. The van der Waals surface area contributed by atoms with Crippen LogP contribution in [-0.2, 0) is 38.2 Å². The molecule has 0 radical (unpaired) electrons. The van der Waals surface area contributed by atoms with Gasteiger partial charge in [-0.15, -0.1) is 0 Å². The number of alkyl carbamates (subject to hydrolysis) is 1. The third kappa shape index (κ3) is 9.04. The average Bonchev–Trinajstić information content (AvgIpc) is 2.86. The topological polar surface area (TPSA) is 102 Å². The molecule has 3 aromatic rings. The summed E-state index contributed by atoms with van der Waals surface area (Å²) in [4.78, 5) is 35.6. The molecular weight excluding hydrogens is 465 g/mol. The van der Waals surface area contributed by atoms with Gasteiger partial charge in [0.05, 0.1) is 6.16 Å². The van der Waals surface area contributed by atoms with Crippen LogP contribution in [0.15, 0.2) is 84.9 Å². The number of esters is 1. The molecule has 2 N–H and O–H groups in total. The molecule has 0 aliphatic rings. The van der Waals surface area contributed by atoms with Crippen molar-refractivity contribution in [1.29, 1.82) is 0 Å². The Labute approximate surface area is 205 Å². The molecule has 3 aromatic carbocycles. The van der Waals surface area contributed by atoms with Gasteiger partial charge in [0.15, 0.2) is 0 Å². The molecule has 2 atom stereocenters. The molecule has 184 valence electrons. The summed E-state index contributed by atoms with van der Waals surface area (Å²) < 4.78 is 23.8. The molecule has 0 saturated heterocycles. The number of benzene rings is 3. The van der Waals surface area contributed by atoms with E-state index in [0.29, 0.717) is 5.56 Å². The van der Waals surface area contributed by atoms with Crippen molar-refractivity contribution in [2.75, 3.05) is 0 Å². The minimum atomic E-state index is -3.94. The van der Waals surface area contributed by atoms with Crippen molar-refractivity contribution >= 4 is 19.4 Å². The summed E-state index contributed by atoms with van der Waals surface area (Å²) in [6, 6.07) is 25.6. The highest BCUT2D eigenvalue weighted by Gasteiger charge is 2.33. The third-order valence-corrected chi connectivity index (χ3v) is 7.56. The number of amides is 1. The third-order valence-electron chi connectivity index (χ3n) is 5.38. The van der Waals surface area contributed by atoms with Crippen molar-refractivity contribution in [3.8, 4) is 0 Å². The summed E-state index contributed by atoms with van der Waals surface area (Å²) in [5.41, 5.74) is 3.32. The second-order valence-corrected chi connectivity index (χ2v) is 10.8. The molecule has 8 heteroatoms. The maximum atomic E-state index is 13.3. The van der Waals surface area contributed by atoms with Crippen LogP contribution in [0.1, 0.15) is 35.1 Å². The number of carbonyl (C=O) groups excluding carboxylic acids is 2. The SMILES string of the molecule is Cc1ccc(CP(=O)(O)C(CCC(=O)OCc2ccccc2)NC(=O)OCc2ccccc2)cc1.